The van der Waals surface area contributed by atoms with E-state index in [9.17, 15) is 8.78 Å². The largest absolute Gasteiger partial charge is 0.491 e. The number of aromatic nitrogens is 2. The van der Waals surface area contributed by atoms with Crippen LogP contribution < -0.4 is 10.5 Å². The molecule has 2 heterocycles. The molecule has 20 heavy (non-hydrogen) atoms. The van der Waals surface area contributed by atoms with E-state index in [0.717, 1.165) is 5.52 Å². The molecule has 0 spiro atoms. The van der Waals surface area contributed by atoms with Crippen LogP contribution in [0.15, 0.2) is 24.4 Å². The summed E-state index contributed by atoms with van der Waals surface area (Å²) in [5, 5.41) is 4.11. The standard InChI is InChI=1S/C14H17F2N3O/c15-14(16)6-3-10(4-7-14)9-20-12-1-2-13(17)19-11(12)5-8-18-19/h1-2,5,8,10H,3-4,6-7,9,17H2. The second-order valence-corrected chi connectivity index (χ2v) is 5.36. The Kier molecular flexibility index (Phi) is 3.23. The van der Waals surface area contributed by atoms with E-state index in [1.165, 1.54) is 0 Å². The smallest absolute Gasteiger partial charge is 0.248 e. The fraction of sp³-hybridized carbons (Fsp3) is 0.500. The summed E-state index contributed by atoms with van der Waals surface area (Å²) in [6.07, 6.45) is 2.60. The van der Waals surface area contributed by atoms with Crippen molar-refractivity contribution in [3.05, 3.63) is 24.4 Å². The lowest BCUT2D eigenvalue weighted by atomic mass is 9.87. The maximum atomic E-state index is 13.1. The van der Waals surface area contributed by atoms with Gasteiger partial charge in [0.25, 0.3) is 0 Å². The van der Waals surface area contributed by atoms with E-state index >= 15 is 0 Å². The van der Waals surface area contributed by atoms with Crippen molar-refractivity contribution in [3.8, 4) is 5.75 Å². The van der Waals surface area contributed by atoms with E-state index in [0.29, 0.717) is 31.0 Å². The third-order valence-electron chi connectivity index (χ3n) is 3.86. The van der Waals surface area contributed by atoms with E-state index in [4.69, 9.17) is 10.5 Å². The van der Waals surface area contributed by atoms with Crippen LogP contribution in [0.1, 0.15) is 25.7 Å². The molecule has 0 bridgehead atoms. The van der Waals surface area contributed by atoms with E-state index in [2.05, 4.69) is 5.10 Å². The first-order valence-electron chi connectivity index (χ1n) is 6.78. The van der Waals surface area contributed by atoms with Gasteiger partial charge in [-0.3, -0.25) is 0 Å². The topological polar surface area (TPSA) is 52.5 Å². The van der Waals surface area contributed by atoms with E-state index in [1.54, 1.807) is 22.8 Å². The Labute approximate surface area is 115 Å². The van der Waals surface area contributed by atoms with Crippen LogP contribution in [0.25, 0.3) is 5.52 Å². The maximum absolute atomic E-state index is 13.1. The molecule has 0 amide bonds. The van der Waals surface area contributed by atoms with Gasteiger partial charge in [-0.05, 0) is 37.0 Å². The number of hydrogen-bond donors (Lipinski definition) is 1. The number of nitrogen functional groups attached to an aromatic ring is 1. The molecule has 4 nitrogen and oxygen atoms in total. The van der Waals surface area contributed by atoms with Crippen molar-refractivity contribution >= 4 is 11.3 Å². The van der Waals surface area contributed by atoms with Gasteiger partial charge in [-0.15, -0.1) is 0 Å². The zero-order valence-electron chi connectivity index (χ0n) is 11.1. The van der Waals surface area contributed by atoms with Crippen molar-refractivity contribution in [2.45, 2.75) is 31.6 Å². The number of rotatable bonds is 3. The van der Waals surface area contributed by atoms with Crippen LogP contribution in [-0.4, -0.2) is 22.1 Å². The van der Waals surface area contributed by atoms with Crippen molar-refractivity contribution in [1.29, 1.82) is 0 Å². The van der Waals surface area contributed by atoms with Gasteiger partial charge in [-0.1, -0.05) is 0 Å². The molecule has 3 rings (SSSR count). The number of pyridine rings is 1. The summed E-state index contributed by atoms with van der Waals surface area (Å²) in [6, 6.07) is 5.34. The lowest BCUT2D eigenvalue weighted by molar-refractivity contribution is -0.0498. The monoisotopic (exact) mass is 281 g/mol. The number of fused-ring (bicyclic) bond motifs is 1. The Morgan fingerprint density at radius 1 is 1.30 bits per heavy atom. The van der Waals surface area contributed by atoms with Crippen LogP contribution in [0.3, 0.4) is 0 Å². The third kappa shape index (κ3) is 2.55. The minimum atomic E-state index is -2.49. The van der Waals surface area contributed by atoms with Crippen LogP contribution >= 0.6 is 0 Å². The van der Waals surface area contributed by atoms with Crippen LogP contribution in [0, 0.1) is 5.92 Å². The number of ether oxygens (including phenoxy) is 1. The highest BCUT2D eigenvalue weighted by atomic mass is 19.3. The minimum absolute atomic E-state index is 0.0368. The average Bonchev–Trinajstić information content (AvgIpc) is 2.90. The number of anilines is 1. The van der Waals surface area contributed by atoms with Crippen LogP contribution in [0.2, 0.25) is 0 Å². The second-order valence-electron chi connectivity index (χ2n) is 5.36. The van der Waals surface area contributed by atoms with E-state index in [-0.39, 0.29) is 18.8 Å². The molecular weight excluding hydrogens is 264 g/mol. The van der Waals surface area contributed by atoms with Gasteiger partial charge in [0.05, 0.1) is 12.8 Å². The summed E-state index contributed by atoms with van der Waals surface area (Å²) >= 11 is 0. The van der Waals surface area contributed by atoms with Crippen molar-refractivity contribution in [1.82, 2.24) is 9.61 Å². The summed E-state index contributed by atoms with van der Waals surface area (Å²) in [7, 11) is 0. The summed E-state index contributed by atoms with van der Waals surface area (Å²) in [5.41, 5.74) is 6.60. The molecule has 0 aliphatic heterocycles. The first kappa shape index (κ1) is 13.1. The molecule has 6 heteroatoms. The Hall–Kier alpha value is -1.85. The van der Waals surface area contributed by atoms with E-state index < -0.39 is 5.92 Å². The molecule has 1 aliphatic rings. The minimum Gasteiger partial charge on any atom is -0.491 e. The molecular formula is C14H17F2N3O. The second kappa shape index (κ2) is 4.92. The molecule has 2 aromatic rings. The normalized spacial score (nSPS) is 19.3. The van der Waals surface area contributed by atoms with Gasteiger partial charge in [-0.2, -0.15) is 5.10 Å². The average molecular weight is 281 g/mol. The van der Waals surface area contributed by atoms with Gasteiger partial charge >= 0.3 is 0 Å². The molecule has 1 aliphatic carbocycles. The predicted molar refractivity (Wildman–Crippen MR) is 72.0 cm³/mol. The lowest BCUT2D eigenvalue weighted by Gasteiger charge is -2.28. The quantitative estimate of drug-likeness (QED) is 0.940. The molecule has 0 radical (unpaired) electrons. The first-order chi connectivity index (χ1) is 9.55. The molecule has 2 aromatic heterocycles. The predicted octanol–water partition coefficient (Wildman–Crippen LogP) is 3.12. The van der Waals surface area contributed by atoms with Gasteiger partial charge in [0, 0.05) is 12.8 Å². The highest BCUT2D eigenvalue weighted by molar-refractivity contribution is 5.62. The van der Waals surface area contributed by atoms with Crippen LogP contribution in [0.4, 0.5) is 14.6 Å². The fourth-order valence-corrected chi connectivity index (χ4v) is 2.61. The van der Waals surface area contributed by atoms with Crippen LogP contribution in [-0.2, 0) is 0 Å². The van der Waals surface area contributed by atoms with Crippen molar-refractivity contribution in [3.63, 3.8) is 0 Å². The van der Waals surface area contributed by atoms with Gasteiger partial charge in [0.2, 0.25) is 5.92 Å². The summed E-state index contributed by atoms with van der Waals surface area (Å²) in [4.78, 5) is 0. The molecule has 0 unspecified atom stereocenters. The molecule has 0 atom stereocenters. The number of alkyl halides is 2. The van der Waals surface area contributed by atoms with E-state index in [1.807, 2.05) is 6.07 Å². The van der Waals surface area contributed by atoms with Gasteiger partial charge in [0.1, 0.15) is 17.1 Å². The molecule has 108 valence electrons. The molecule has 0 aromatic carbocycles. The van der Waals surface area contributed by atoms with Crippen molar-refractivity contribution < 1.29 is 13.5 Å². The SMILES string of the molecule is Nc1ccc(OCC2CCC(F)(F)CC2)c2ccnn12. The summed E-state index contributed by atoms with van der Waals surface area (Å²) in [5.74, 6) is -1.07. The zero-order valence-corrected chi connectivity index (χ0v) is 11.1. The van der Waals surface area contributed by atoms with Gasteiger partial charge in [-0.25, -0.2) is 13.3 Å². The molecule has 1 fully saturated rings. The van der Waals surface area contributed by atoms with Crippen molar-refractivity contribution in [2.75, 3.05) is 12.3 Å². The Morgan fingerprint density at radius 3 is 2.80 bits per heavy atom. The molecule has 2 N–H and O–H groups in total. The molecule has 1 saturated carbocycles. The summed E-state index contributed by atoms with van der Waals surface area (Å²) < 4.78 is 33.6. The first-order valence-corrected chi connectivity index (χ1v) is 6.78. The number of hydrogen-bond acceptors (Lipinski definition) is 3. The Bertz CT molecular complexity index is 601. The zero-order chi connectivity index (χ0) is 14.2. The Balaban J connectivity index is 1.66. The fourth-order valence-electron chi connectivity index (χ4n) is 2.61. The third-order valence-corrected chi connectivity index (χ3v) is 3.86. The lowest BCUT2D eigenvalue weighted by Crippen LogP contribution is -2.27. The molecule has 0 saturated heterocycles. The number of halogens is 2. The number of nitrogens with two attached hydrogens (primary N) is 1. The Morgan fingerprint density at radius 2 is 2.05 bits per heavy atom. The summed E-state index contributed by atoms with van der Waals surface area (Å²) in [6.45, 7) is 0.459. The van der Waals surface area contributed by atoms with Gasteiger partial charge in [0.15, 0.2) is 0 Å². The van der Waals surface area contributed by atoms with Gasteiger partial charge < -0.3 is 10.5 Å². The maximum Gasteiger partial charge on any atom is 0.248 e. The van der Waals surface area contributed by atoms with Crippen molar-refractivity contribution in [2.24, 2.45) is 5.92 Å². The number of nitrogens with zero attached hydrogens (tertiary/aromatic N) is 2. The highest BCUT2D eigenvalue weighted by Gasteiger charge is 2.35. The highest BCUT2D eigenvalue weighted by Crippen LogP contribution is 2.36. The van der Waals surface area contributed by atoms with Crippen LogP contribution in [0.5, 0.6) is 5.75 Å².